The lowest BCUT2D eigenvalue weighted by Gasteiger charge is -2.12. The van der Waals surface area contributed by atoms with Crippen LogP contribution in [0.2, 0.25) is 0 Å². The van der Waals surface area contributed by atoms with E-state index in [0.29, 0.717) is 0 Å². The Balaban J connectivity index is 2.68. The Kier molecular flexibility index (Phi) is 3.36. The Bertz CT molecular complexity index is 451. The number of aromatic nitrogens is 1. The van der Waals surface area contributed by atoms with Gasteiger partial charge in [0.2, 0.25) is 0 Å². The molecule has 0 atom stereocenters. The largest absolute Gasteiger partial charge is 0.311 e. The zero-order valence-corrected chi connectivity index (χ0v) is 11.8. The molecule has 15 heavy (non-hydrogen) atoms. The second-order valence-corrected chi connectivity index (χ2v) is 5.45. The van der Waals surface area contributed by atoms with Crippen molar-refractivity contribution in [2.24, 2.45) is 0 Å². The van der Waals surface area contributed by atoms with Crippen molar-refractivity contribution in [1.82, 2.24) is 4.57 Å². The molecule has 1 aliphatic heterocycles. The van der Waals surface area contributed by atoms with Crippen molar-refractivity contribution in [3.63, 3.8) is 0 Å². The predicted octanol–water partition coefficient (Wildman–Crippen LogP) is 3.27. The summed E-state index contributed by atoms with van der Waals surface area (Å²) >= 11 is 7.05. The lowest BCUT2D eigenvalue weighted by atomic mass is 10.1. The van der Waals surface area contributed by atoms with Gasteiger partial charge in [-0.25, -0.2) is 0 Å². The van der Waals surface area contributed by atoms with Gasteiger partial charge < -0.3 is 4.57 Å². The first-order valence-corrected chi connectivity index (χ1v) is 6.85. The molecule has 2 rings (SSSR count). The number of nitrogens with zero attached hydrogens (tertiary/aromatic N) is 1. The van der Waals surface area contributed by atoms with E-state index < -0.39 is 0 Å². The molecule has 0 saturated heterocycles. The first kappa shape index (κ1) is 11.4. The smallest absolute Gasteiger partial charge is 0.265 e. The highest BCUT2D eigenvalue weighted by molar-refractivity contribution is 9.11. The standard InChI is InChI=1S/C11H13Br2NO/c1-2-4-7-9(12)8-5-3-6-14(8)11(15)10(7)13/h2-6H2,1H3. The van der Waals surface area contributed by atoms with Crippen molar-refractivity contribution in [2.45, 2.75) is 39.2 Å². The maximum atomic E-state index is 12.0. The minimum absolute atomic E-state index is 0.133. The molecular weight excluding hydrogens is 322 g/mol. The summed E-state index contributed by atoms with van der Waals surface area (Å²) in [5.74, 6) is 0. The molecule has 0 N–H and O–H groups in total. The van der Waals surface area contributed by atoms with Crippen LogP contribution in [0.5, 0.6) is 0 Å². The van der Waals surface area contributed by atoms with E-state index in [4.69, 9.17) is 0 Å². The second-order valence-electron chi connectivity index (χ2n) is 3.86. The summed E-state index contributed by atoms with van der Waals surface area (Å²) in [6.07, 6.45) is 4.10. The Morgan fingerprint density at radius 3 is 2.73 bits per heavy atom. The van der Waals surface area contributed by atoms with E-state index in [1.807, 2.05) is 4.57 Å². The molecule has 2 nitrogen and oxygen atoms in total. The average Bonchev–Trinajstić information content (AvgIpc) is 2.70. The summed E-state index contributed by atoms with van der Waals surface area (Å²) in [5.41, 5.74) is 2.44. The molecule has 82 valence electrons. The lowest BCUT2D eigenvalue weighted by molar-refractivity contribution is 0.711. The van der Waals surface area contributed by atoms with Gasteiger partial charge >= 0.3 is 0 Å². The lowest BCUT2D eigenvalue weighted by Crippen LogP contribution is -2.22. The Hall–Kier alpha value is -0.0900. The minimum Gasteiger partial charge on any atom is -0.311 e. The first-order valence-electron chi connectivity index (χ1n) is 5.26. The van der Waals surface area contributed by atoms with Gasteiger partial charge in [-0.3, -0.25) is 4.79 Å². The molecule has 1 aliphatic rings. The molecule has 0 amide bonds. The molecule has 0 fully saturated rings. The van der Waals surface area contributed by atoms with Crippen LogP contribution < -0.4 is 5.56 Å². The number of pyridine rings is 1. The molecule has 0 unspecified atom stereocenters. The van der Waals surface area contributed by atoms with Crippen LogP contribution in [0.15, 0.2) is 13.7 Å². The SMILES string of the molecule is CCCc1c(Br)c2n(c(=O)c1Br)CCC2. The number of hydrogen-bond donors (Lipinski definition) is 0. The average molecular weight is 335 g/mol. The zero-order chi connectivity index (χ0) is 11.0. The molecule has 4 heteroatoms. The molecule has 0 aliphatic carbocycles. The van der Waals surface area contributed by atoms with Crippen molar-refractivity contribution < 1.29 is 0 Å². The molecule has 0 aromatic carbocycles. The van der Waals surface area contributed by atoms with Crippen molar-refractivity contribution in [2.75, 3.05) is 0 Å². The van der Waals surface area contributed by atoms with Gasteiger partial charge in [0.15, 0.2) is 0 Å². The fraction of sp³-hybridized carbons (Fsp3) is 0.545. The van der Waals surface area contributed by atoms with Crippen LogP contribution in [0.25, 0.3) is 0 Å². The minimum atomic E-state index is 0.133. The molecule has 1 aromatic heterocycles. The molecule has 0 bridgehead atoms. The molecule has 0 radical (unpaired) electrons. The van der Waals surface area contributed by atoms with Crippen LogP contribution in [0.3, 0.4) is 0 Å². The van der Waals surface area contributed by atoms with Crippen molar-refractivity contribution in [1.29, 1.82) is 0 Å². The highest BCUT2D eigenvalue weighted by Crippen LogP contribution is 2.30. The molecule has 0 saturated carbocycles. The Labute approximate surface area is 106 Å². The van der Waals surface area contributed by atoms with E-state index >= 15 is 0 Å². The summed E-state index contributed by atoms with van der Waals surface area (Å²) in [7, 11) is 0. The second kappa shape index (κ2) is 4.42. The number of hydrogen-bond acceptors (Lipinski definition) is 1. The highest BCUT2D eigenvalue weighted by atomic mass is 79.9. The first-order chi connectivity index (χ1) is 7.16. The predicted molar refractivity (Wildman–Crippen MR) is 68.4 cm³/mol. The molecule has 2 heterocycles. The van der Waals surface area contributed by atoms with Gasteiger partial charge in [0.1, 0.15) is 0 Å². The molecule has 0 spiro atoms. The number of halogens is 2. The third-order valence-corrected chi connectivity index (χ3v) is 4.59. The third kappa shape index (κ3) is 1.82. The molecule has 1 aromatic rings. The summed E-state index contributed by atoms with van der Waals surface area (Å²) in [5, 5.41) is 0. The van der Waals surface area contributed by atoms with Gasteiger partial charge in [-0.15, -0.1) is 0 Å². The summed E-state index contributed by atoms with van der Waals surface area (Å²) in [4.78, 5) is 12.0. The zero-order valence-electron chi connectivity index (χ0n) is 8.65. The summed E-state index contributed by atoms with van der Waals surface area (Å²) in [6, 6.07) is 0. The Morgan fingerprint density at radius 2 is 2.07 bits per heavy atom. The quantitative estimate of drug-likeness (QED) is 0.813. The van der Waals surface area contributed by atoms with E-state index in [-0.39, 0.29) is 5.56 Å². The summed E-state index contributed by atoms with van der Waals surface area (Å²) in [6.45, 7) is 2.99. The van der Waals surface area contributed by atoms with Crippen molar-refractivity contribution in [3.05, 3.63) is 30.6 Å². The van der Waals surface area contributed by atoms with Gasteiger partial charge in [-0.1, -0.05) is 13.3 Å². The van der Waals surface area contributed by atoms with Crippen LogP contribution in [-0.2, 0) is 19.4 Å². The monoisotopic (exact) mass is 333 g/mol. The third-order valence-electron chi connectivity index (χ3n) is 2.84. The van der Waals surface area contributed by atoms with Gasteiger partial charge in [0.05, 0.1) is 4.47 Å². The molecular formula is C11H13Br2NO. The maximum Gasteiger partial charge on any atom is 0.265 e. The topological polar surface area (TPSA) is 22.0 Å². The van der Waals surface area contributed by atoms with Crippen molar-refractivity contribution in [3.8, 4) is 0 Å². The number of fused-ring (bicyclic) bond motifs is 1. The fourth-order valence-electron chi connectivity index (χ4n) is 2.11. The van der Waals surface area contributed by atoms with E-state index in [0.717, 1.165) is 46.7 Å². The van der Waals surface area contributed by atoms with E-state index in [9.17, 15) is 4.79 Å². The van der Waals surface area contributed by atoms with Crippen molar-refractivity contribution >= 4 is 31.9 Å². The normalized spacial score (nSPS) is 14.3. The van der Waals surface area contributed by atoms with Crippen LogP contribution in [-0.4, -0.2) is 4.57 Å². The van der Waals surface area contributed by atoms with Gasteiger partial charge in [-0.05, 0) is 56.7 Å². The summed E-state index contributed by atoms with van der Waals surface area (Å²) < 4.78 is 3.75. The van der Waals surface area contributed by atoms with Gasteiger partial charge in [0, 0.05) is 16.7 Å². The van der Waals surface area contributed by atoms with E-state index in [1.54, 1.807) is 0 Å². The van der Waals surface area contributed by atoms with E-state index in [1.165, 1.54) is 5.69 Å². The van der Waals surface area contributed by atoms with Gasteiger partial charge in [-0.2, -0.15) is 0 Å². The fourth-order valence-corrected chi connectivity index (χ4v) is 3.80. The van der Waals surface area contributed by atoms with Crippen LogP contribution >= 0.6 is 31.9 Å². The van der Waals surface area contributed by atoms with Gasteiger partial charge in [0.25, 0.3) is 5.56 Å². The maximum absolute atomic E-state index is 12.0. The highest BCUT2D eigenvalue weighted by Gasteiger charge is 2.21. The number of rotatable bonds is 2. The van der Waals surface area contributed by atoms with Crippen LogP contribution in [0, 0.1) is 0 Å². The van der Waals surface area contributed by atoms with Crippen LogP contribution in [0.1, 0.15) is 31.0 Å². The van der Waals surface area contributed by atoms with E-state index in [2.05, 4.69) is 38.8 Å². The van der Waals surface area contributed by atoms with Crippen LogP contribution in [0.4, 0.5) is 0 Å². The Morgan fingerprint density at radius 1 is 1.33 bits per heavy atom.